The second-order valence-electron chi connectivity index (χ2n) is 5.69. The molecular formula is C18H19NO3. The van der Waals surface area contributed by atoms with Gasteiger partial charge in [-0.15, -0.1) is 0 Å². The van der Waals surface area contributed by atoms with Gasteiger partial charge in [0.05, 0.1) is 13.2 Å². The highest BCUT2D eigenvalue weighted by Gasteiger charge is 2.47. The van der Waals surface area contributed by atoms with Crippen molar-refractivity contribution in [1.82, 2.24) is 0 Å². The standard InChI is InChI=1S/C18H19NO3/c1-12(20)11-18(13-6-4-3-5-7-13)17(21)15-10-14(22-2)8-9-16(15)19-18/h3-10,12,19-20H,11H2,1-2H3/t12-,18-/m0/s1. The fourth-order valence-corrected chi connectivity index (χ4v) is 3.09. The molecule has 4 nitrogen and oxygen atoms in total. The first-order chi connectivity index (χ1) is 10.6. The van der Waals surface area contributed by atoms with E-state index < -0.39 is 11.6 Å². The van der Waals surface area contributed by atoms with Gasteiger partial charge in [-0.1, -0.05) is 30.3 Å². The van der Waals surface area contributed by atoms with Crippen molar-refractivity contribution in [1.29, 1.82) is 0 Å². The summed E-state index contributed by atoms with van der Waals surface area (Å²) in [5.74, 6) is 0.614. The van der Waals surface area contributed by atoms with E-state index >= 15 is 0 Å². The molecule has 2 aromatic rings. The van der Waals surface area contributed by atoms with Crippen molar-refractivity contribution < 1.29 is 14.6 Å². The molecular weight excluding hydrogens is 278 g/mol. The zero-order valence-electron chi connectivity index (χ0n) is 12.7. The van der Waals surface area contributed by atoms with Crippen LogP contribution in [0.25, 0.3) is 0 Å². The maximum atomic E-state index is 13.1. The normalized spacial score (nSPS) is 21.1. The first-order valence-electron chi connectivity index (χ1n) is 7.31. The summed E-state index contributed by atoms with van der Waals surface area (Å²) in [5.41, 5.74) is 1.31. The van der Waals surface area contributed by atoms with Gasteiger partial charge in [0.2, 0.25) is 0 Å². The predicted octanol–water partition coefficient (Wildman–Crippen LogP) is 2.97. The molecule has 0 spiro atoms. The molecule has 0 aromatic heterocycles. The molecule has 0 saturated carbocycles. The summed E-state index contributed by atoms with van der Waals surface area (Å²) in [7, 11) is 1.58. The molecule has 0 unspecified atom stereocenters. The lowest BCUT2D eigenvalue weighted by molar-refractivity contribution is 0.0842. The highest BCUT2D eigenvalue weighted by atomic mass is 16.5. The van der Waals surface area contributed by atoms with E-state index in [0.717, 1.165) is 11.3 Å². The molecule has 2 N–H and O–H groups in total. The maximum Gasteiger partial charge on any atom is 0.195 e. The average Bonchev–Trinajstić information content (AvgIpc) is 2.80. The molecule has 0 aliphatic carbocycles. The molecule has 2 atom stereocenters. The zero-order valence-corrected chi connectivity index (χ0v) is 12.7. The summed E-state index contributed by atoms with van der Waals surface area (Å²) < 4.78 is 5.21. The van der Waals surface area contributed by atoms with E-state index in [1.54, 1.807) is 20.1 Å². The zero-order chi connectivity index (χ0) is 15.7. The number of Topliss-reactive ketones (excluding diaryl/α,β-unsaturated/α-hetero) is 1. The average molecular weight is 297 g/mol. The summed E-state index contributed by atoms with van der Waals surface area (Å²) in [4.78, 5) is 13.1. The number of ether oxygens (including phenoxy) is 1. The van der Waals surface area contributed by atoms with Gasteiger partial charge in [-0.3, -0.25) is 4.79 Å². The minimum absolute atomic E-state index is 0.0338. The number of carbonyl (C=O) groups is 1. The van der Waals surface area contributed by atoms with Crippen molar-refractivity contribution in [3.05, 3.63) is 59.7 Å². The fourth-order valence-electron chi connectivity index (χ4n) is 3.09. The third-order valence-electron chi connectivity index (χ3n) is 4.08. The number of ketones is 1. The number of anilines is 1. The van der Waals surface area contributed by atoms with Crippen molar-refractivity contribution in [3.63, 3.8) is 0 Å². The molecule has 22 heavy (non-hydrogen) atoms. The Bertz CT molecular complexity index is 697. The summed E-state index contributed by atoms with van der Waals surface area (Å²) >= 11 is 0. The Kier molecular flexibility index (Phi) is 3.62. The molecule has 4 heteroatoms. The molecule has 114 valence electrons. The van der Waals surface area contributed by atoms with Gasteiger partial charge < -0.3 is 15.2 Å². The summed E-state index contributed by atoms with van der Waals surface area (Å²) in [6.45, 7) is 1.70. The highest BCUT2D eigenvalue weighted by Crippen LogP contribution is 2.43. The molecule has 1 aliphatic heterocycles. The van der Waals surface area contributed by atoms with Gasteiger partial charge in [0.1, 0.15) is 11.3 Å². The number of benzene rings is 2. The van der Waals surface area contributed by atoms with E-state index in [1.165, 1.54) is 0 Å². The summed E-state index contributed by atoms with van der Waals surface area (Å²) in [6, 6.07) is 15.0. The van der Waals surface area contributed by atoms with E-state index in [2.05, 4.69) is 5.32 Å². The van der Waals surface area contributed by atoms with Crippen LogP contribution in [0.4, 0.5) is 5.69 Å². The Morgan fingerprint density at radius 3 is 2.59 bits per heavy atom. The molecule has 0 amide bonds. The van der Waals surface area contributed by atoms with Gasteiger partial charge in [0, 0.05) is 17.7 Å². The summed E-state index contributed by atoms with van der Waals surface area (Å²) in [5, 5.41) is 13.3. The number of nitrogens with one attached hydrogen (secondary N) is 1. The van der Waals surface area contributed by atoms with Crippen LogP contribution in [0.3, 0.4) is 0 Å². The lowest BCUT2D eigenvalue weighted by Gasteiger charge is -2.30. The van der Waals surface area contributed by atoms with E-state index in [-0.39, 0.29) is 5.78 Å². The van der Waals surface area contributed by atoms with Crippen LogP contribution >= 0.6 is 0 Å². The lowest BCUT2D eigenvalue weighted by Crippen LogP contribution is -2.41. The minimum Gasteiger partial charge on any atom is -0.497 e. The highest BCUT2D eigenvalue weighted by molar-refractivity contribution is 6.14. The van der Waals surface area contributed by atoms with Gasteiger partial charge in [-0.05, 0) is 30.7 Å². The monoisotopic (exact) mass is 297 g/mol. The van der Waals surface area contributed by atoms with Crippen LogP contribution in [0.2, 0.25) is 0 Å². The molecule has 1 aliphatic rings. The van der Waals surface area contributed by atoms with Gasteiger partial charge >= 0.3 is 0 Å². The van der Waals surface area contributed by atoms with Crippen molar-refractivity contribution >= 4 is 11.5 Å². The number of hydrogen-bond donors (Lipinski definition) is 2. The van der Waals surface area contributed by atoms with Crippen molar-refractivity contribution in [3.8, 4) is 5.75 Å². The number of aliphatic hydroxyl groups is 1. The molecule has 0 fully saturated rings. The second-order valence-corrected chi connectivity index (χ2v) is 5.69. The van der Waals surface area contributed by atoms with E-state index in [1.807, 2.05) is 42.5 Å². The minimum atomic E-state index is -0.926. The van der Waals surface area contributed by atoms with Crippen LogP contribution in [0.5, 0.6) is 5.75 Å². The third-order valence-corrected chi connectivity index (χ3v) is 4.08. The Morgan fingerprint density at radius 1 is 1.23 bits per heavy atom. The topological polar surface area (TPSA) is 58.6 Å². The largest absolute Gasteiger partial charge is 0.497 e. The quantitative estimate of drug-likeness (QED) is 0.911. The number of rotatable bonds is 4. The van der Waals surface area contributed by atoms with Gasteiger partial charge in [-0.2, -0.15) is 0 Å². The lowest BCUT2D eigenvalue weighted by atomic mass is 9.81. The van der Waals surface area contributed by atoms with Crippen LogP contribution in [-0.4, -0.2) is 24.1 Å². The van der Waals surface area contributed by atoms with Crippen LogP contribution in [0.1, 0.15) is 29.3 Å². The maximum absolute atomic E-state index is 13.1. The Morgan fingerprint density at radius 2 is 1.95 bits per heavy atom. The first kappa shape index (κ1) is 14.6. The van der Waals surface area contributed by atoms with Gasteiger partial charge in [-0.25, -0.2) is 0 Å². The number of aliphatic hydroxyl groups excluding tert-OH is 1. The van der Waals surface area contributed by atoms with Crippen molar-refractivity contribution in [2.75, 3.05) is 12.4 Å². The van der Waals surface area contributed by atoms with E-state index in [9.17, 15) is 9.90 Å². The Balaban J connectivity index is 2.11. The number of hydrogen-bond acceptors (Lipinski definition) is 4. The molecule has 3 rings (SSSR count). The molecule has 0 bridgehead atoms. The van der Waals surface area contributed by atoms with Crippen LogP contribution < -0.4 is 10.1 Å². The van der Waals surface area contributed by atoms with Crippen LogP contribution in [0.15, 0.2) is 48.5 Å². The Hall–Kier alpha value is -2.33. The van der Waals surface area contributed by atoms with Crippen LogP contribution in [-0.2, 0) is 5.54 Å². The SMILES string of the molecule is COc1ccc2c(c1)C(=O)[C@](C[C@H](C)O)(c1ccccc1)N2. The van der Waals surface area contributed by atoms with Crippen LogP contribution in [0, 0.1) is 0 Å². The third kappa shape index (κ3) is 2.25. The number of methoxy groups -OCH3 is 1. The fraction of sp³-hybridized carbons (Fsp3) is 0.278. The smallest absolute Gasteiger partial charge is 0.195 e. The van der Waals surface area contributed by atoms with E-state index in [4.69, 9.17) is 4.74 Å². The first-order valence-corrected chi connectivity index (χ1v) is 7.31. The van der Waals surface area contributed by atoms with E-state index in [0.29, 0.717) is 17.7 Å². The predicted molar refractivity (Wildman–Crippen MR) is 85.4 cm³/mol. The summed E-state index contributed by atoms with van der Waals surface area (Å²) in [6.07, 6.45) is -0.291. The molecule has 0 saturated heterocycles. The van der Waals surface area contributed by atoms with Crippen molar-refractivity contribution in [2.45, 2.75) is 25.0 Å². The Labute approximate surface area is 129 Å². The molecule has 0 radical (unpaired) electrons. The van der Waals surface area contributed by atoms with Crippen molar-refractivity contribution in [2.24, 2.45) is 0 Å². The number of carbonyl (C=O) groups excluding carboxylic acids is 1. The van der Waals surface area contributed by atoms with Gasteiger partial charge in [0.15, 0.2) is 5.78 Å². The molecule has 2 aromatic carbocycles. The second kappa shape index (κ2) is 5.46. The molecule has 1 heterocycles. The number of fused-ring (bicyclic) bond motifs is 1. The van der Waals surface area contributed by atoms with Gasteiger partial charge in [0.25, 0.3) is 0 Å².